The van der Waals surface area contributed by atoms with Crippen molar-refractivity contribution in [2.45, 2.75) is 20.3 Å². The predicted molar refractivity (Wildman–Crippen MR) is 108 cm³/mol. The van der Waals surface area contributed by atoms with E-state index in [0.29, 0.717) is 28.7 Å². The van der Waals surface area contributed by atoms with Crippen LogP contribution in [0.3, 0.4) is 0 Å². The average molecular weight is 365 g/mol. The normalized spacial score (nSPS) is 23.3. The van der Waals surface area contributed by atoms with Gasteiger partial charge in [-0.3, -0.25) is 4.79 Å². The molecule has 4 nitrogen and oxygen atoms in total. The van der Waals surface area contributed by atoms with Crippen LogP contribution >= 0.6 is 0 Å². The molecule has 1 amide bonds. The molecule has 140 valence electrons. The molecule has 2 aromatic rings. The maximum Gasteiger partial charge on any atom is 0.257 e. The van der Waals surface area contributed by atoms with E-state index in [4.69, 9.17) is 0 Å². The molecule has 4 rings (SSSR count). The van der Waals surface area contributed by atoms with Gasteiger partial charge in [-0.2, -0.15) is 0 Å². The molecule has 2 aliphatic heterocycles. The smallest absolute Gasteiger partial charge is 0.257 e. The largest absolute Gasteiger partial charge is 0.371 e. The van der Waals surface area contributed by atoms with Gasteiger partial charge in [0.15, 0.2) is 0 Å². The summed E-state index contributed by atoms with van der Waals surface area (Å²) in [6.45, 7) is 6.76. The first-order chi connectivity index (χ1) is 13.0. The van der Waals surface area contributed by atoms with Crippen molar-refractivity contribution in [2.24, 2.45) is 11.8 Å². The van der Waals surface area contributed by atoms with Crippen molar-refractivity contribution in [3.63, 3.8) is 0 Å². The number of hydrogen-bond acceptors (Lipinski definition) is 3. The monoisotopic (exact) mass is 365 g/mol. The molecule has 0 bridgehead atoms. The Kier molecular flexibility index (Phi) is 4.60. The highest BCUT2D eigenvalue weighted by Gasteiger charge is 2.27. The van der Waals surface area contributed by atoms with E-state index in [1.165, 1.54) is 18.2 Å². The van der Waals surface area contributed by atoms with Gasteiger partial charge in [0.05, 0.1) is 11.3 Å². The third-order valence-corrected chi connectivity index (χ3v) is 5.26. The molecular weight excluding hydrogens is 341 g/mol. The highest BCUT2D eigenvalue weighted by molar-refractivity contribution is 6.31. The zero-order valence-corrected chi connectivity index (χ0v) is 15.6. The molecular formula is C22H24FN3O. The van der Waals surface area contributed by atoms with Gasteiger partial charge >= 0.3 is 0 Å². The summed E-state index contributed by atoms with van der Waals surface area (Å²) in [6, 6.07) is 12.8. The number of halogens is 1. The third kappa shape index (κ3) is 3.54. The molecule has 1 fully saturated rings. The molecule has 27 heavy (non-hydrogen) atoms. The van der Waals surface area contributed by atoms with Crippen molar-refractivity contribution in [1.29, 1.82) is 0 Å². The van der Waals surface area contributed by atoms with Gasteiger partial charge in [0.2, 0.25) is 0 Å². The van der Waals surface area contributed by atoms with E-state index in [-0.39, 0.29) is 5.91 Å². The zero-order chi connectivity index (χ0) is 19.0. The van der Waals surface area contributed by atoms with Crippen molar-refractivity contribution < 1.29 is 9.18 Å². The summed E-state index contributed by atoms with van der Waals surface area (Å²) in [5.41, 5.74) is 3.22. The lowest BCUT2D eigenvalue weighted by Gasteiger charge is -2.36. The van der Waals surface area contributed by atoms with E-state index in [2.05, 4.69) is 41.5 Å². The Labute approximate surface area is 159 Å². The summed E-state index contributed by atoms with van der Waals surface area (Å²) in [4.78, 5) is 14.6. The van der Waals surface area contributed by atoms with Crippen LogP contribution in [0.4, 0.5) is 21.5 Å². The minimum Gasteiger partial charge on any atom is -0.371 e. The molecule has 5 heteroatoms. The van der Waals surface area contributed by atoms with Crippen LogP contribution in [0, 0.1) is 17.7 Å². The Morgan fingerprint density at radius 1 is 1.11 bits per heavy atom. The fourth-order valence-corrected chi connectivity index (χ4v) is 4.14. The van der Waals surface area contributed by atoms with Crippen LogP contribution in [0.15, 0.2) is 48.7 Å². The first-order valence-electron chi connectivity index (χ1n) is 9.43. The van der Waals surface area contributed by atoms with E-state index >= 15 is 0 Å². The number of hydrogen-bond donors (Lipinski definition) is 2. The van der Waals surface area contributed by atoms with Crippen LogP contribution in [-0.2, 0) is 4.79 Å². The minimum absolute atomic E-state index is 0.296. The Morgan fingerprint density at radius 3 is 2.52 bits per heavy atom. The quantitative estimate of drug-likeness (QED) is 0.774. The molecule has 2 heterocycles. The summed E-state index contributed by atoms with van der Waals surface area (Å²) in [5.74, 6) is 0.706. The summed E-state index contributed by atoms with van der Waals surface area (Å²) in [5, 5.41) is 5.82. The maximum absolute atomic E-state index is 14.1. The van der Waals surface area contributed by atoms with Crippen molar-refractivity contribution in [2.75, 3.05) is 28.6 Å². The average Bonchev–Trinajstić information content (AvgIpc) is 2.96. The standard InChI is InChI=1S/C22H24FN3O/c1-14-10-15(2)13-26(12-14)17-8-6-16(7-9-17)24-11-18-21-19(23)4-3-5-20(21)25-22(18)27/h3-9,11,14-15,24H,10,12-13H2,1-2H3,(H,25,27)/b18-11+. The first-order valence-corrected chi connectivity index (χ1v) is 9.43. The predicted octanol–water partition coefficient (Wildman–Crippen LogP) is 4.71. The van der Waals surface area contributed by atoms with Crippen LogP contribution < -0.4 is 15.5 Å². The molecule has 2 N–H and O–H groups in total. The Morgan fingerprint density at radius 2 is 1.81 bits per heavy atom. The van der Waals surface area contributed by atoms with Gasteiger partial charge in [0, 0.05) is 36.2 Å². The number of fused-ring (bicyclic) bond motifs is 1. The fraction of sp³-hybridized carbons (Fsp3) is 0.318. The zero-order valence-electron chi connectivity index (χ0n) is 15.6. The number of benzene rings is 2. The van der Waals surface area contributed by atoms with Gasteiger partial charge in [0.25, 0.3) is 5.91 Å². The van der Waals surface area contributed by atoms with Gasteiger partial charge in [-0.1, -0.05) is 19.9 Å². The van der Waals surface area contributed by atoms with Crippen LogP contribution in [0.5, 0.6) is 0 Å². The lowest BCUT2D eigenvalue weighted by Crippen LogP contribution is -2.38. The summed E-state index contributed by atoms with van der Waals surface area (Å²) in [7, 11) is 0. The number of anilines is 3. The van der Waals surface area contributed by atoms with E-state index in [9.17, 15) is 9.18 Å². The Balaban J connectivity index is 1.50. The lowest BCUT2D eigenvalue weighted by molar-refractivity contribution is -0.110. The lowest BCUT2D eigenvalue weighted by atomic mass is 9.91. The molecule has 0 aliphatic carbocycles. The van der Waals surface area contributed by atoms with Gasteiger partial charge in [0.1, 0.15) is 5.82 Å². The number of nitrogens with zero attached hydrogens (tertiary/aromatic N) is 1. The molecule has 0 saturated carbocycles. The molecule has 2 aliphatic rings. The first kappa shape index (κ1) is 17.6. The summed E-state index contributed by atoms with van der Waals surface area (Å²) < 4.78 is 14.1. The summed E-state index contributed by atoms with van der Waals surface area (Å²) >= 11 is 0. The fourth-order valence-electron chi connectivity index (χ4n) is 4.14. The number of piperidine rings is 1. The molecule has 1 saturated heterocycles. The molecule has 0 radical (unpaired) electrons. The highest BCUT2D eigenvalue weighted by Crippen LogP contribution is 2.34. The van der Waals surface area contributed by atoms with Gasteiger partial charge in [-0.05, 0) is 54.7 Å². The van der Waals surface area contributed by atoms with Crippen LogP contribution in [0.25, 0.3) is 5.57 Å². The van der Waals surface area contributed by atoms with Crippen LogP contribution in [0.2, 0.25) is 0 Å². The van der Waals surface area contributed by atoms with Gasteiger partial charge < -0.3 is 15.5 Å². The van der Waals surface area contributed by atoms with Crippen molar-refractivity contribution >= 4 is 28.5 Å². The van der Waals surface area contributed by atoms with E-state index in [0.717, 1.165) is 18.8 Å². The Bertz CT molecular complexity index is 881. The molecule has 2 atom stereocenters. The van der Waals surface area contributed by atoms with Gasteiger partial charge in [-0.25, -0.2) is 4.39 Å². The third-order valence-electron chi connectivity index (χ3n) is 5.26. The Hall–Kier alpha value is -2.82. The number of rotatable bonds is 3. The molecule has 0 spiro atoms. The number of carbonyl (C=O) groups is 1. The number of amides is 1. The highest BCUT2D eigenvalue weighted by atomic mass is 19.1. The maximum atomic E-state index is 14.1. The number of nitrogens with one attached hydrogen (secondary N) is 2. The molecule has 2 aromatic carbocycles. The molecule has 0 aromatic heterocycles. The van der Waals surface area contributed by atoms with E-state index < -0.39 is 5.82 Å². The van der Waals surface area contributed by atoms with E-state index in [1.54, 1.807) is 18.3 Å². The SMILES string of the molecule is CC1CC(C)CN(c2ccc(N/C=C3/C(=O)Nc4cccc(F)c43)cc2)C1. The van der Waals surface area contributed by atoms with Crippen LogP contribution in [0.1, 0.15) is 25.8 Å². The second-order valence-corrected chi connectivity index (χ2v) is 7.72. The second kappa shape index (κ2) is 7.06. The van der Waals surface area contributed by atoms with Crippen molar-refractivity contribution in [3.05, 3.63) is 60.0 Å². The molecule has 2 unspecified atom stereocenters. The van der Waals surface area contributed by atoms with Crippen molar-refractivity contribution in [1.82, 2.24) is 0 Å². The summed E-state index contributed by atoms with van der Waals surface area (Å²) in [6.07, 6.45) is 2.86. The van der Waals surface area contributed by atoms with E-state index in [1.807, 2.05) is 12.1 Å². The topological polar surface area (TPSA) is 44.4 Å². The minimum atomic E-state index is -0.400. The number of carbonyl (C=O) groups excluding carboxylic acids is 1. The van der Waals surface area contributed by atoms with Crippen molar-refractivity contribution in [3.8, 4) is 0 Å². The van der Waals surface area contributed by atoms with Crippen LogP contribution in [-0.4, -0.2) is 19.0 Å². The second-order valence-electron chi connectivity index (χ2n) is 7.72. The van der Waals surface area contributed by atoms with Gasteiger partial charge in [-0.15, -0.1) is 0 Å².